The molecular formula is C9H13NO2. The van der Waals surface area contributed by atoms with Crippen LogP contribution in [0.25, 0.3) is 0 Å². The number of hydrogen-bond acceptors (Lipinski definition) is 3. The van der Waals surface area contributed by atoms with Crippen LogP contribution in [0, 0.1) is 0 Å². The zero-order chi connectivity index (χ0) is 8.44. The van der Waals surface area contributed by atoms with Crippen molar-refractivity contribution in [3.8, 4) is 0 Å². The van der Waals surface area contributed by atoms with E-state index >= 15 is 0 Å². The second-order valence-corrected chi connectivity index (χ2v) is 3.46. The van der Waals surface area contributed by atoms with Crippen molar-refractivity contribution in [2.75, 3.05) is 13.1 Å². The molecule has 0 saturated carbocycles. The van der Waals surface area contributed by atoms with Gasteiger partial charge in [0.05, 0.1) is 18.1 Å². The summed E-state index contributed by atoms with van der Waals surface area (Å²) >= 11 is 0. The molecule has 1 aliphatic heterocycles. The number of nitrogens with one attached hydrogen (secondary N) is 1. The molecule has 12 heavy (non-hydrogen) atoms. The molecular weight excluding hydrogens is 154 g/mol. The highest BCUT2D eigenvalue weighted by Crippen LogP contribution is 2.20. The lowest BCUT2D eigenvalue weighted by molar-refractivity contribution is 0.0617. The third kappa shape index (κ3) is 1.52. The van der Waals surface area contributed by atoms with Crippen molar-refractivity contribution in [1.29, 1.82) is 0 Å². The first-order valence-electron chi connectivity index (χ1n) is 4.23. The van der Waals surface area contributed by atoms with E-state index in [0.29, 0.717) is 13.0 Å². The van der Waals surface area contributed by atoms with Crippen LogP contribution in [0.1, 0.15) is 12.0 Å². The normalized spacial score (nSPS) is 29.4. The van der Waals surface area contributed by atoms with Gasteiger partial charge in [-0.3, -0.25) is 0 Å². The van der Waals surface area contributed by atoms with Crippen LogP contribution in [-0.2, 0) is 6.42 Å². The van der Waals surface area contributed by atoms with Gasteiger partial charge in [0.15, 0.2) is 0 Å². The molecule has 1 aliphatic rings. The quantitative estimate of drug-likeness (QED) is 0.676. The molecule has 1 atom stereocenters. The number of furan rings is 1. The molecule has 66 valence electrons. The molecule has 2 heterocycles. The maximum Gasteiger partial charge on any atom is 0.0935 e. The highest BCUT2D eigenvalue weighted by Gasteiger charge is 2.31. The maximum absolute atomic E-state index is 9.96. The van der Waals surface area contributed by atoms with Gasteiger partial charge in [0, 0.05) is 13.0 Å². The van der Waals surface area contributed by atoms with Gasteiger partial charge in [-0.2, -0.15) is 0 Å². The Morgan fingerprint density at radius 2 is 2.58 bits per heavy atom. The molecule has 0 spiro atoms. The third-order valence-corrected chi connectivity index (χ3v) is 2.33. The van der Waals surface area contributed by atoms with Crippen LogP contribution in [0.4, 0.5) is 0 Å². The van der Waals surface area contributed by atoms with E-state index in [4.69, 9.17) is 4.42 Å². The van der Waals surface area contributed by atoms with Crippen molar-refractivity contribution in [3.05, 3.63) is 24.2 Å². The number of rotatable bonds is 2. The predicted molar refractivity (Wildman–Crippen MR) is 44.8 cm³/mol. The molecule has 0 aromatic carbocycles. The summed E-state index contributed by atoms with van der Waals surface area (Å²) in [6.45, 7) is 1.60. The van der Waals surface area contributed by atoms with Crippen molar-refractivity contribution in [3.63, 3.8) is 0 Å². The molecule has 1 unspecified atom stereocenters. The molecule has 0 bridgehead atoms. The zero-order valence-corrected chi connectivity index (χ0v) is 6.92. The Balaban J connectivity index is 2.02. The van der Waals surface area contributed by atoms with Gasteiger partial charge < -0.3 is 14.8 Å². The summed E-state index contributed by atoms with van der Waals surface area (Å²) in [6, 6.07) is 1.90. The van der Waals surface area contributed by atoms with E-state index in [2.05, 4.69) is 5.32 Å². The second-order valence-electron chi connectivity index (χ2n) is 3.46. The molecule has 1 aromatic heterocycles. The maximum atomic E-state index is 9.96. The van der Waals surface area contributed by atoms with E-state index in [1.807, 2.05) is 6.07 Å². The Morgan fingerprint density at radius 3 is 3.17 bits per heavy atom. The highest BCUT2D eigenvalue weighted by atomic mass is 16.3. The Hall–Kier alpha value is -0.800. The zero-order valence-electron chi connectivity index (χ0n) is 6.92. The minimum absolute atomic E-state index is 0.552. The minimum atomic E-state index is -0.552. The fraction of sp³-hybridized carbons (Fsp3) is 0.556. The van der Waals surface area contributed by atoms with Gasteiger partial charge in [0.25, 0.3) is 0 Å². The van der Waals surface area contributed by atoms with Gasteiger partial charge in [0.2, 0.25) is 0 Å². The van der Waals surface area contributed by atoms with Gasteiger partial charge in [-0.1, -0.05) is 0 Å². The smallest absolute Gasteiger partial charge is 0.0935 e. The van der Waals surface area contributed by atoms with E-state index < -0.39 is 5.60 Å². The molecule has 2 N–H and O–H groups in total. The lowest BCUT2D eigenvalue weighted by Gasteiger charge is -2.19. The SMILES string of the molecule is OC1(Cc2ccoc2)CCNC1. The molecule has 0 aliphatic carbocycles. The van der Waals surface area contributed by atoms with Crippen molar-refractivity contribution >= 4 is 0 Å². The fourth-order valence-electron chi connectivity index (χ4n) is 1.65. The lowest BCUT2D eigenvalue weighted by atomic mass is 9.95. The average Bonchev–Trinajstić information content (AvgIpc) is 2.62. The largest absolute Gasteiger partial charge is 0.472 e. The molecule has 0 amide bonds. The molecule has 1 aromatic rings. The number of hydrogen-bond donors (Lipinski definition) is 2. The summed E-state index contributed by atoms with van der Waals surface area (Å²) in [4.78, 5) is 0. The molecule has 2 rings (SSSR count). The predicted octanol–water partition coefficient (Wildman–Crippen LogP) is 0.546. The van der Waals surface area contributed by atoms with E-state index in [9.17, 15) is 5.11 Å². The first-order valence-corrected chi connectivity index (χ1v) is 4.23. The Bertz CT molecular complexity index is 237. The van der Waals surface area contributed by atoms with Crippen LogP contribution < -0.4 is 5.32 Å². The van der Waals surface area contributed by atoms with Gasteiger partial charge in [-0.15, -0.1) is 0 Å². The first kappa shape index (κ1) is 7.83. The van der Waals surface area contributed by atoms with Crippen LogP contribution in [0.3, 0.4) is 0 Å². The summed E-state index contributed by atoms with van der Waals surface area (Å²) in [7, 11) is 0. The Labute approximate surface area is 71.4 Å². The standard InChI is InChI=1S/C9H13NO2/c11-9(2-3-10-7-9)5-8-1-4-12-6-8/h1,4,6,10-11H,2-3,5,7H2. The van der Waals surface area contributed by atoms with Crippen LogP contribution in [-0.4, -0.2) is 23.8 Å². The Morgan fingerprint density at radius 1 is 1.67 bits per heavy atom. The summed E-state index contributed by atoms with van der Waals surface area (Å²) in [5, 5.41) is 13.1. The van der Waals surface area contributed by atoms with Gasteiger partial charge in [-0.05, 0) is 24.6 Å². The van der Waals surface area contributed by atoms with E-state index in [1.165, 1.54) is 0 Å². The highest BCUT2D eigenvalue weighted by molar-refractivity contribution is 5.10. The average molecular weight is 167 g/mol. The molecule has 1 saturated heterocycles. The van der Waals surface area contributed by atoms with Crippen molar-refractivity contribution in [2.45, 2.75) is 18.4 Å². The molecule has 0 radical (unpaired) electrons. The minimum Gasteiger partial charge on any atom is -0.472 e. The summed E-state index contributed by atoms with van der Waals surface area (Å²) in [5.41, 5.74) is 0.519. The van der Waals surface area contributed by atoms with Crippen LogP contribution in [0.2, 0.25) is 0 Å². The number of β-amino-alcohol motifs (C(OH)–C–C–N with tert-alkyl or cyclic N) is 1. The van der Waals surface area contributed by atoms with Crippen LogP contribution in [0.5, 0.6) is 0 Å². The van der Waals surface area contributed by atoms with E-state index in [-0.39, 0.29) is 0 Å². The molecule has 1 fully saturated rings. The van der Waals surface area contributed by atoms with Gasteiger partial charge >= 0.3 is 0 Å². The van der Waals surface area contributed by atoms with Crippen LogP contribution >= 0.6 is 0 Å². The fourth-order valence-corrected chi connectivity index (χ4v) is 1.65. The Kier molecular flexibility index (Phi) is 1.90. The van der Waals surface area contributed by atoms with Gasteiger partial charge in [-0.25, -0.2) is 0 Å². The number of aliphatic hydroxyl groups is 1. The summed E-state index contributed by atoms with van der Waals surface area (Å²) in [5.74, 6) is 0. The molecule has 3 nitrogen and oxygen atoms in total. The second kappa shape index (κ2) is 2.92. The third-order valence-electron chi connectivity index (χ3n) is 2.33. The summed E-state index contributed by atoms with van der Waals surface area (Å²) < 4.78 is 4.94. The topological polar surface area (TPSA) is 45.4 Å². The van der Waals surface area contributed by atoms with Gasteiger partial charge in [0.1, 0.15) is 0 Å². The van der Waals surface area contributed by atoms with Crippen molar-refractivity contribution < 1.29 is 9.52 Å². The lowest BCUT2D eigenvalue weighted by Crippen LogP contribution is -2.33. The molecule has 3 heteroatoms. The van der Waals surface area contributed by atoms with Crippen molar-refractivity contribution in [1.82, 2.24) is 5.32 Å². The summed E-state index contributed by atoms with van der Waals surface area (Å²) in [6.07, 6.45) is 4.85. The van der Waals surface area contributed by atoms with E-state index in [0.717, 1.165) is 18.5 Å². The first-order chi connectivity index (χ1) is 5.79. The monoisotopic (exact) mass is 167 g/mol. The van der Waals surface area contributed by atoms with Crippen molar-refractivity contribution in [2.24, 2.45) is 0 Å². The van der Waals surface area contributed by atoms with E-state index in [1.54, 1.807) is 12.5 Å². The van der Waals surface area contributed by atoms with Crippen LogP contribution in [0.15, 0.2) is 23.0 Å².